The summed E-state index contributed by atoms with van der Waals surface area (Å²) in [7, 11) is -5.20. The molecule has 1 heterocycles. The van der Waals surface area contributed by atoms with Gasteiger partial charge in [0.2, 0.25) is 0 Å². The molecular weight excluding hydrogens is 1520 g/mol. The van der Waals surface area contributed by atoms with Crippen LogP contribution in [-0.2, 0) is 39.9 Å². The Morgan fingerprint density at radius 2 is 0.459 bits per heavy atom. The van der Waals surface area contributed by atoms with Gasteiger partial charge < -0.3 is 9.31 Å². The molecule has 0 spiro atoms. The molecule has 1 aromatic carbocycles. The van der Waals surface area contributed by atoms with E-state index in [0.717, 1.165) is 19.3 Å². The molecule has 1 N–H and O–H groups in total. The number of carbonyl (C=O) groups is 2. The van der Waals surface area contributed by atoms with Crippen LogP contribution in [0.2, 0.25) is 0 Å². The van der Waals surface area contributed by atoms with Gasteiger partial charge in [-0.3, -0.25) is 19.0 Å². The highest BCUT2D eigenvalue weighted by molar-refractivity contribution is 7.81. The van der Waals surface area contributed by atoms with Crippen LogP contribution in [0.15, 0.2) is 42.5 Å². The molecule has 2 rings (SSSR count). The van der Waals surface area contributed by atoms with E-state index in [1.165, 1.54) is 595 Å². The minimum absolute atomic E-state index is 0.134. The Balaban J connectivity index is 1.14. The maximum Gasteiger partial charge on any atom is 0.639 e. The van der Waals surface area contributed by atoms with E-state index in [4.69, 9.17) is 13.5 Å². The number of rotatable bonds is 101. The van der Waals surface area contributed by atoms with Crippen molar-refractivity contribution in [3.05, 3.63) is 48.0 Å². The predicted octanol–water partition coefficient (Wildman–Crippen LogP) is 37.5. The molecule has 0 radical (unpaired) electrons. The third kappa shape index (κ3) is 84.6. The highest BCUT2D eigenvalue weighted by Gasteiger charge is 2.55. The van der Waals surface area contributed by atoms with Crippen LogP contribution in [0.25, 0.3) is 0 Å². The summed E-state index contributed by atoms with van der Waals surface area (Å²) in [6, 6.07) is 8.89. The monoisotopic (exact) mass is 1730 g/mol. The molecule has 1 saturated heterocycles. The third-order valence-corrected chi connectivity index (χ3v) is 27.9. The number of hydrogen-bond donors (Lipinski definition) is 1. The number of nitrogens with zero attached hydrogens (tertiary/aromatic N) is 1. The predicted molar refractivity (Wildman–Crippen MR) is 534 cm³/mol. The zero-order valence-electron chi connectivity index (χ0n) is 82.1. The van der Waals surface area contributed by atoms with E-state index in [-0.39, 0.29) is 19.5 Å². The lowest BCUT2D eigenvalue weighted by Crippen LogP contribution is -2.57. The molecule has 1 atom stereocenters. The van der Waals surface area contributed by atoms with E-state index in [2.05, 4.69) is 6.92 Å². The first kappa shape index (κ1) is 116. The van der Waals surface area contributed by atoms with Gasteiger partial charge in [-0.15, -0.1) is 0 Å². The average Bonchev–Trinajstić information content (AvgIpc) is 0.786. The summed E-state index contributed by atoms with van der Waals surface area (Å²) >= 11 is 0. The summed E-state index contributed by atoms with van der Waals surface area (Å²) in [5.74, 6) is -1.42. The topological polar surface area (TPSA) is 119 Å². The maximum atomic E-state index is 12.7. The molecule has 0 saturated carbocycles. The average molecular weight is 1730 g/mol. The normalized spacial score (nSPS) is 13.6. The first-order valence-corrected chi connectivity index (χ1v) is 57.0. The quantitative estimate of drug-likeness (QED) is 0.0294. The molecule has 11 heteroatoms. The minimum atomic E-state index is -5.05. The highest BCUT2D eigenvalue weighted by atomic mass is 32.3. The largest absolute Gasteiger partial charge is 0.639 e. The maximum absolute atomic E-state index is 12.7. The zero-order valence-corrected chi connectivity index (χ0v) is 82.9. The van der Waals surface area contributed by atoms with Gasteiger partial charge in [-0.25, -0.2) is 4.18 Å². The van der Waals surface area contributed by atoms with Crippen molar-refractivity contribution in [2.45, 2.75) is 629 Å². The molecule has 0 bridgehead atoms. The van der Waals surface area contributed by atoms with Crippen molar-refractivity contribution in [2.75, 3.05) is 20.1 Å². The van der Waals surface area contributed by atoms with E-state index in [1.54, 1.807) is 37.4 Å². The second kappa shape index (κ2) is 93.5. The number of carbonyl (C=O) groups excluding carboxylic acids is 2. The molecule has 1 fully saturated rings. The van der Waals surface area contributed by atoms with Crippen molar-refractivity contribution in [2.24, 2.45) is 0 Å². The Morgan fingerprint density at radius 3 is 0.623 bits per heavy atom. The second-order valence-corrected chi connectivity index (χ2v) is 40.7. The van der Waals surface area contributed by atoms with Crippen LogP contribution in [0, 0.1) is 0 Å². The van der Waals surface area contributed by atoms with Crippen LogP contribution >= 0.6 is 0 Å². The lowest BCUT2D eigenvalue weighted by molar-refractivity contribution is -0.147. The first-order chi connectivity index (χ1) is 60.1. The van der Waals surface area contributed by atoms with Gasteiger partial charge in [0.05, 0.1) is 13.1 Å². The molecule has 1 aromatic rings. The lowest BCUT2D eigenvalue weighted by Gasteiger charge is -2.33. The van der Waals surface area contributed by atoms with Gasteiger partial charge in [0.15, 0.2) is 5.50 Å². The Bertz CT molecular complexity index is 2390. The Hall–Kier alpha value is -2.21. The van der Waals surface area contributed by atoms with Gasteiger partial charge in [0, 0.05) is 6.42 Å². The summed E-state index contributed by atoms with van der Waals surface area (Å²) in [4.78, 5) is 26.8. The molecule has 0 aliphatic carbocycles. The minimum Gasteiger partial charge on any atom is -0.496 e. The summed E-state index contributed by atoms with van der Waals surface area (Å²) in [6.45, 7) is 1.93. The van der Waals surface area contributed by atoms with Crippen molar-refractivity contribution in [3.63, 3.8) is 0 Å². The summed E-state index contributed by atoms with van der Waals surface area (Å²) in [5, 5.41) is 0. The van der Waals surface area contributed by atoms with Gasteiger partial charge in [-0.1, -0.05) is 647 Å². The molecule has 1 aliphatic rings. The number of unbranched alkanes of at least 4 members (excludes halogenated alkanes) is 94. The van der Waals surface area contributed by atoms with Crippen LogP contribution in [0.3, 0.4) is 0 Å². The fraction of sp³-hybridized carbons (Fsp3) is 0.910. The molecule has 1 aliphatic heterocycles. The molecule has 122 heavy (non-hydrogen) atoms. The van der Waals surface area contributed by atoms with Gasteiger partial charge in [-0.05, 0) is 25.5 Å². The fourth-order valence-corrected chi connectivity index (χ4v) is 19.9. The van der Waals surface area contributed by atoms with E-state index >= 15 is 0 Å². The number of allylic oxidation sites excluding steroid dienone is 1. The van der Waals surface area contributed by atoms with E-state index in [9.17, 15) is 22.6 Å². The van der Waals surface area contributed by atoms with Crippen LogP contribution in [0.4, 0.5) is 0 Å². The number of hydrogen-bond acceptors (Lipinski definition) is 8. The Kier molecular flexibility index (Phi) is 88.8. The molecular formula is C111H210BNO8S. The number of likely N-dealkylation sites (N-methyl/N-ethyl adjacent to an activating group) is 1. The fourth-order valence-electron chi connectivity index (χ4n) is 19.3. The summed E-state index contributed by atoms with van der Waals surface area (Å²) in [5.41, 5.74) is -1.36. The Labute approximate surface area is 762 Å². The number of benzene rings is 1. The van der Waals surface area contributed by atoms with Crippen LogP contribution < -0.4 is 0 Å². The van der Waals surface area contributed by atoms with Crippen LogP contribution in [-0.4, -0.2) is 62.6 Å². The molecule has 716 valence electrons. The summed E-state index contributed by atoms with van der Waals surface area (Å²) < 4.78 is 50.6. The van der Waals surface area contributed by atoms with Crippen molar-refractivity contribution in [3.8, 4) is 0 Å². The van der Waals surface area contributed by atoms with Gasteiger partial charge in [0.1, 0.15) is 0 Å². The van der Waals surface area contributed by atoms with Crippen LogP contribution in [0.1, 0.15) is 622 Å². The van der Waals surface area contributed by atoms with Crippen molar-refractivity contribution in [1.29, 1.82) is 0 Å². The smallest absolute Gasteiger partial charge is 0.496 e. The van der Waals surface area contributed by atoms with Gasteiger partial charge in [-0.2, -0.15) is 8.42 Å². The molecule has 0 amide bonds. The Morgan fingerprint density at radius 1 is 0.295 bits per heavy atom. The van der Waals surface area contributed by atoms with Gasteiger partial charge >= 0.3 is 29.5 Å². The first-order valence-electron chi connectivity index (χ1n) is 55.6. The SMILES string of the molecule is CCCCCCCCCCCCCCCCCCCCCCCCCCCCCCCCCCCCCCCCCCCCCCCCCCCCCCCCCCCCCCCCCCCCCCCCCCCCCCCCCCCCCCCCCCCCCCCC/C=C/C(Cc1ccccc1)(OS(=O)(=O)O)B1OC(=O)CN(C)CC(=O)O1. The molecule has 0 aromatic heterocycles. The summed E-state index contributed by atoms with van der Waals surface area (Å²) in [6.07, 6.45) is 140. The van der Waals surface area contributed by atoms with Crippen molar-refractivity contribution < 1.29 is 36.1 Å². The van der Waals surface area contributed by atoms with E-state index < -0.39 is 35.0 Å². The highest BCUT2D eigenvalue weighted by Crippen LogP contribution is 2.31. The van der Waals surface area contributed by atoms with Crippen molar-refractivity contribution >= 4 is 29.5 Å². The third-order valence-electron chi connectivity index (χ3n) is 27.4. The van der Waals surface area contributed by atoms with Crippen molar-refractivity contribution in [1.82, 2.24) is 4.90 Å². The second-order valence-electron chi connectivity index (χ2n) is 39.7. The van der Waals surface area contributed by atoms with Gasteiger partial charge in [0.25, 0.3) is 0 Å². The van der Waals surface area contributed by atoms with E-state index in [1.807, 2.05) is 6.07 Å². The lowest BCUT2D eigenvalue weighted by atomic mass is 9.63. The molecule has 9 nitrogen and oxygen atoms in total. The van der Waals surface area contributed by atoms with E-state index in [0.29, 0.717) is 12.0 Å². The zero-order chi connectivity index (χ0) is 87.3. The standard InChI is InChI=1S/C111H210BNO8S/c1-3-4-5-6-7-8-9-10-11-12-13-14-15-16-17-18-19-20-21-22-23-24-25-26-27-28-29-30-31-32-33-34-35-36-37-38-39-40-41-42-43-44-45-46-47-48-49-50-51-52-53-54-55-56-57-58-59-60-61-62-63-64-65-66-67-68-69-70-71-72-73-74-75-76-77-78-79-80-81-82-83-84-85-86-87-88-89-90-91-92-93-94-95-96-97-101-104-111(121-122(116,117)118,105-108-102-99-98-100-103-108)112-119-109(114)106-113(2)107-110(115)120-112/h98-104H,3-97,105-107H2,1-2H3,(H,116,117,118)/b104-101+. The van der Waals surface area contributed by atoms with Crippen LogP contribution in [0.5, 0.6) is 0 Å². The molecule has 1 unspecified atom stereocenters.